The number of piperidine rings is 1. The van der Waals surface area contributed by atoms with E-state index in [1.807, 2.05) is 37.3 Å². The van der Waals surface area contributed by atoms with Gasteiger partial charge in [-0.15, -0.1) is 0 Å². The lowest BCUT2D eigenvalue weighted by molar-refractivity contribution is -0.148. The van der Waals surface area contributed by atoms with Crippen LogP contribution in [0.3, 0.4) is 0 Å². The molecule has 0 saturated carbocycles. The molecule has 5 nitrogen and oxygen atoms in total. The second-order valence-corrected chi connectivity index (χ2v) is 6.47. The van der Waals surface area contributed by atoms with Gasteiger partial charge in [0.2, 0.25) is 11.7 Å². The van der Waals surface area contributed by atoms with Crippen molar-refractivity contribution in [1.29, 1.82) is 0 Å². The van der Waals surface area contributed by atoms with Gasteiger partial charge < -0.3 is 14.7 Å². The first-order chi connectivity index (χ1) is 11.6. The summed E-state index contributed by atoms with van der Waals surface area (Å²) in [4.78, 5) is 27.6. The van der Waals surface area contributed by atoms with Gasteiger partial charge in [-0.3, -0.25) is 9.59 Å². The zero-order valence-corrected chi connectivity index (χ0v) is 14.0. The van der Waals surface area contributed by atoms with Crippen LogP contribution in [0.2, 0.25) is 0 Å². The summed E-state index contributed by atoms with van der Waals surface area (Å²) in [5.41, 5.74) is 1.06. The predicted octanol–water partition coefficient (Wildman–Crippen LogP) is 1.73. The second-order valence-electron chi connectivity index (χ2n) is 6.47. The standard InChI is InChI=1S/C19H23NO4/c1-12-14-11-15(24-2)18(22)17(20(19(14)23)9-6-10-21)16(12)13-7-4-3-5-8-13/h3-5,7-8,11-12,14,16-17,21H,6,9-10H2,1-2H3. The van der Waals surface area contributed by atoms with Crippen LogP contribution in [-0.2, 0) is 14.3 Å². The van der Waals surface area contributed by atoms with Crippen molar-refractivity contribution in [3.05, 3.63) is 47.7 Å². The third-order valence-electron chi connectivity index (χ3n) is 5.18. The minimum Gasteiger partial charge on any atom is -0.493 e. The number of ketones is 1. The zero-order valence-electron chi connectivity index (χ0n) is 14.0. The number of nitrogens with zero attached hydrogens (tertiary/aromatic N) is 1. The number of aliphatic hydroxyl groups excluding tert-OH is 1. The molecule has 1 saturated heterocycles. The lowest BCUT2D eigenvalue weighted by Gasteiger charge is -2.45. The average molecular weight is 329 g/mol. The fraction of sp³-hybridized carbons (Fsp3) is 0.474. The van der Waals surface area contributed by atoms with Gasteiger partial charge in [0.15, 0.2) is 5.76 Å². The normalized spacial score (nSPS) is 29.5. The Bertz CT molecular complexity index is 655. The van der Waals surface area contributed by atoms with Gasteiger partial charge in [-0.05, 0) is 24.0 Å². The molecule has 128 valence electrons. The molecule has 4 atom stereocenters. The highest BCUT2D eigenvalue weighted by atomic mass is 16.5. The van der Waals surface area contributed by atoms with Gasteiger partial charge in [-0.2, -0.15) is 0 Å². The highest BCUT2D eigenvalue weighted by Crippen LogP contribution is 2.45. The van der Waals surface area contributed by atoms with Crippen molar-refractivity contribution in [2.75, 3.05) is 20.3 Å². The second kappa shape index (κ2) is 6.77. The fourth-order valence-corrected chi connectivity index (χ4v) is 4.00. The maximum atomic E-state index is 13.0. The van der Waals surface area contributed by atoms with E-state index >= 15 is 0 Å². The van der Waals surface area contributed by atoms with E-state index < -0.39 is 6.04 Å². The smallest absolute Gasteiger partial charge is 0.230 e. The van der Waals surface area contributed by atoms with E-state index in [0.29, 0.717) is 13.0 Å². The van der Waals surface area contributed by atoms with Crippen molar-refractivity contribution >= 4 is 11.7 Å². The van der Waals surface area contributed by atoms with Crippen LogP contribution >= 0.6 is 0 Å². The summed E-state index contributed by atoms with van der Waals surface area (Å²) in [6.07, 6.45) is 2.14. The number of hydrogen-bond acceptors (Lipinski definition) is 4. The minimum absolute atomic E-state index is 0.00637. The highest BCUT2D eigenvalue weighted by Gasteiger charge is 2.52. The quantitative estimate of drug-likeness (QED) is 0.893. The molecule has 4 rings (SSSR count). The van der Waals surface area contributed by atoms with Crippen LogP contribution in [0.15, 0.2) is 42.2 Å². The fourth-order valence-electron chi connectivity index (χ4n) is 4.00. The number of aliphatic hydroxyl groups is 1. The van der Waals surface area contributed by atoms with Gasteiger partial charge in [-0.25, -0.2) is 0 Å². The SMILES string of the molecule is COC1=CC2C(=O)N(CCCO)C(C1=O)C(c1ccccc1)C2C. The lowest BCUT2D eigenvalue weighted by Crippen LogP contribution is -2.56. The van der Waals surface area contributed by atoms with Gasteiger partial charge in [0.25, 0.3) is 0 Å². The molecular weight excluding hydrogens is 306 g/mol. The molecule has 1 N–H and O–H groups in total. The molecule has 24 heavy (non-hydrogen) atoms. The number of Topliss-reactive ketones (excluding diaryl/α,β-unsaturated/α-hetero) is 1. The lowest BCUT2D eigenvalue weighted by atomic mass is 9.71. The molecule has 4 unspecified atom stereocenters. The van der Waals surface area contributed by atoms with Crippen LogP contribution in [0.4, 0.5) is 0 Å². The van der Waals surface area contributed by atoms with Crippen LogP contribution in [-0.4, -0.2) is 48.0 Å². The summed E-state index contributed by atoms with van der Waals surface area (Å²) in [6.45, 7) is 2.40. The van der Waals surface area contributed by atoms with E-state index in [4.69, 9.17) is 9.84 Å². The number of methoxy groups -OCH3 is 1. The molecule has 2 heterocycles. The molecule has 2 aliphatic heterocycles. The van der Waals surface area contributed by atoms with Crippen LogP contribution in [0.1, 0.15) is 24.8 Å². The van der Waals surface area contributed by atoms with Crippen LogP contribution < -0.4 is 0 Å². The van der Waals surface area contributed by atoms with Crippen LogP contribution in [0, 0.1) is 11.8 Å². The summed E-state index contributed by atoms with van der Waals surface area (Å²) in [7, 11) is 1.47. The molecule has 1 aromatic carbocycles. The molecule has 0 aromatic heterocycles. The first kappa shape index (κ1) is 16.7. The largest absolute Gasteiger partial charge is 0.493 e. The number of ether oxygens (including phenoxy) is 1. The average Bonchev–Trinajstić information content (AvgIpc) is 2.77. The summed E-state index contributed by atoms with van der Waals surface area (Å²) < 4.78 is 5.28. The van der Waals surface area contributed by atoms with E-state index in [9.17, 15) is 9.59 Å². The number of fused-ring (bicyclic) bond motifs is 3. The molecule has 1 aromatic rings. The summed E-state index contributed by atoms with van der Waals surface area (Å²) in [5, 5.41) is 9.16. The topological polar surface area (TPSA) is 66.8 Å². The molecule has 0 radical (unpaired) electrons. The Labute approximate surface area is 141 Å². The van der Waals surface area contributed by atoms with Gasteiger partial charge in [-0.1, -0.05) is 37.3 Å². The Balaban J connectivity index is 2.09. The molecule has 0 spiro atoms. The Kier molecular flexibility index (Phi) is 4.71. The van der Waals surface area contributed by atoms with Crippen molar-refractivity contribution in [3.63, 3.8) is 0 Å². The summed E-state index contributed by atoms with van der Waals surface area (Å²) in [6, 6.07) is 9.29. The van der Waals surface area contributed by atoms with Gasteiger partial charge in [0, 0.05) is 19.1 Å². The number of carbonyl (C=O) groups excluding carboxylic acids is 2. The monoisotopic (exact) mass is 329 g/mol. The van der Waals surface area contributed by atoms with E-state index in [1.54, 1.807) is 11.0 Å². The number of amides is 1. The number of carbonyl (C=O) groups is 2. The van der Waals surface area contributed by atoms with E-state index in [2.05, 4.69) is 0 Å². The van der Waals surface area contributed by atoms with Crippen molar-refractivity contribution in [3.8, 4) is 0 Å². The Morgan fingerprint density at radius 1 is 1.21 bits per heavy atom. The Morgan fingerprint density at radius 3 is 2.54 bits per heavy atom. The van der Waals surface area contributed by atoms with E-state index in [0.717, 1.165) is 5.56 Å². The van der Waals surface area contributed by atoms with Gasteiger partial charge in [0.05, 0.1) is 13.0 Å². The van der Waals surface area contributed by atoms with Crippen molar-refractivity contribution in [2.24, 2.45) is 11.8 Å². The van der Waals surface area contributed by atoms with E-state index in [1.165, 1.54) is 7.11 Å². The molecule has 1 aliphatic carbocycles. The molecule has 3 aliphatic rings. The number of hydrogen-bond donors (Lipinski definition) is 1. The Hall–Kier alpha value is -2.14. The van der Waals surface area contributed by atoms with Gasteiger partial charge >= 0.3 is 0 Å². The third kappa shape index (κ3) is 2.63. The maximum Gasteiger partial charge on any atom is 0.230 e. The minimum atomic E-state index is -0.577. The van der Waals surface area contributed by atoms with Crippen LogP contribution in [0.25, 0.3) is 0 Å². The molecule has 1 fully saturated rings. The van der Waals surface area contributed by atoms with Crippen molar-refractivity contribution in [1.82, 2.24) is 4.90 Å². The molecular formula is C19H23NO4. The van der Waals surface area contributed by atoms with Gasteiger partial charge in [0.1, 0.15) is 6.04 Å². The molecule has 1 amide bonds. The third-order valence-corrected chi connectivity index (χ3v) is 5.18. The molecule has 5 heteroatoms. The first-order valence-electron chi connectivity index (χ1n) is 8.36. The number of rotatable bonds is 5. The predicted molar refractivity (Wildman–Crippen MR) is 89.1 cm³/mol. The van der Waals surface area contributed by atoms with Crippen LogP contribution in [0.5, 0.6) is 0 Å². The highest BCUT2D eigenvalue weighted by molar-refractivity contribution is 6.04. The van der Waals surface area contributed by atoms with Crippen molar-refractivity contribution in [2.45, 2.75) is 25.3 Å². The first-order valence-corrected chi connectivity index (χ1v) is 8.36. The molecule has 2 bridgehead atoms. The maximum absolute atomic E-state index is 13.0. The summed E-state index contributed by atoms with van der Waals surface area (Å²) >= 11 is 0. The summed E-state index contributed by atoms with van der Waals surface area (Å²) in [5.74, 6) is -0.379. The Morgan fingerprint density at radius 2 is 1.92 bits per heavy atom. The van der Waals surface area contributed by atoms with Crippen molar-refractivity contribution < 1.29 is 19.4 Å². The number of benzene rings is 1. The van der Waals surface area contributed by atoms with E-state index in [-0.39, 0.29) is 41.8 Å². The zero-order chi connectivity index (χ0) is 17.3.